The normalized spacial score (nSPS) is 13.6. The number of likely N-dealkylation sites (N-methyl/N-ethyl adjacent to an activating group) is 1. The Kier molecular flexibility index (Phi) is 18.8. The molecule has 4 aliphatic rings. The number of aliphatic hydroxyl groups excluding tert-OH is 1. The van der Waals surface area contributed by atoms with Crippen LogP contribution in [-0.2, 0) is 44.4 Å². The number of furan rings is 1. The molecule has 0 spiro atoms. The van der Waals surface area contributed by atoms with Crippen molar-refractivity contribution in [2.45, 2.75) is 98.9 Å². The number of allylic oxidation sites excluding steroid dienone is 2. The Morgan fingerprint density at radius 3 is 1.97 bits per heavy atom. The predicted octanol–water partition coefficient (Wildman–Crippen LogP) is 20.4. The zero-order valence-electron chi connectivity index (χ0n) is 58.4. The van der Waals surface area contributed by atoms with Gasteiger partial charge in [0.15, 0.2) is 11.4 Å². The van der Waals surface area contributed by atoms with E-state index in [1.165, 1.54) is 131 Å². The molecule has 15 aromatic rings. The number of aromatic nitrogens is 6. The SMILES string of the molecule is CC(=O)C=C(C)O.CC(C)c1cccc(C(C)C)c1-n1cc[n+]2c1-c1ccccc1C2.CC(C)n1nc2c3ccccc3c3cccc4c3c2[n+]1C4.CN1C=CN2c3c(ccc4c3oc3ccccc34)CC12.[Ir].[c-]1ccccc1-c1cc(-c2ccccc2)c2cc(-c3ccccc3)ccc2n1. The number of imidazole rings is 1. The summed E-state index contributed by atoms with van der Waals surface area (Å²) in [5, 5.41) is 22.2. The van der Waals surface area contributed by atoms with Crippen molar-refractivity contribution in [3.63, 3.8) is 0 Å². The molecule has 4 aromatic heterocycles. The van der Waals surface area contributed by atoms with E-state index in [4.69, 9.17) is 19.6 Å². The van der Waals surface area contributed by atoms with Gasteiger partial charge in [0.1, 0.15) is 49.0 Å². The van der Waals surface area contributed by atoms with Crippen molar-refractivity contribution in [1.29, 1.82) is 0 Å². The minimum Gasteiger partial charge on any atom is -0.512 e. The van der Waals surface area contributed by atoms with Gasteiger partial charge >= 0.3 is 0 Å². The molecule has 0 saturated heterocycles. The number of carbonyl (C=O) groups is 1. The molecule has 0 amide bonds. The summed E-state index contributed by atoms with van der Waals surface area (Å²) >= 11 is 0. The number of para-hydroxylation sites is 2. The van der Waals surface area contributed by atoms with Crippen molar-refractivity contribution in [1.82, 2.24) is 24.3 Å². The Morgan fingerprint density at radius 1 is 0.604 bits per heavy atom. The smallest absolute Gasteiger partial charge is 0.294 e. The van der Waals surface area contributed by atoms with Gasteiger partial charge in [-0.3, -0.25) is 9.78 Å². The zero-order chi connectivity index (χ0) is 68.9. The van der Waals surface area contributed by atoms with Crippen LogP contribution in [0.25, 0.3) is 116 Å². The molecule has 4 aliphatic heterocycles. The number of hydrogen-bond donors (Lipinski definition) is 1. The van der Waals surface area contributed by atoms with Crippen LogP contribution in [0, 0.1) is 6.07 Å². The third-order valence-corrected chi connectivity index (χ3v) is 19.6. The fraction of sp³-hybridized carbons (Fsp3) is 0.180. The molecular weight excluding hydrogens is 1420 g/mol. The number of rotatable bonds is 8. The van der Waals surface area contributed by atoms with Crippen LogP contribution in [0.5, 0.6) is 0 Å². The molecule has 1 radical (unpaired) electrons. The van der Waals surface area contributed by atoms with Gasteiger partial charge in [-0.25, -0.2) is 4.57 Å². The van der Waals surface area contributed by atoms with Crippen molar-refractivity contribution in [2.75, 3.05) is 11.9 Å². The summed E-state index contributed by atoms with van der Waals surface area (Å²) in [6, 6.07) is 84.9. The number of carbonyl (C=O) groups excluding carboxylic acids is 1. The number of nitrogens with zero attached hydrogens (tertiary/aromatic N) is 8. The van der Waals surface area contributed by atoms with Gasteiger partial charge in [0.2, 0.25) is 5.52 Å². The molecule has 0 saturated carbocycles. The molecule has 11 nitrogen and oxygen atoms in total. The summed E-state index contributed by atoms with van der Waals surface area (Å²) < 4.78 is 13.3. The van der Waals surface area contributed by atoms with E-state index < -0.39 is 0 Å². The van der Waals surface area contributed by atoms with Crippen LogP contribution < -0.4 is 14.1 Å². The van der Waals surface area contributed by atoms with Gasteiger partial charge in [-0.05, 0) is 119 Å². The maximum atomic E-state index is 10.0. The van der Waals surface area contributed by atoms with E-state index >= 15 is 0 Å². The first kappa shape index (κ1) is 67.2. The number of fused-ring (bicyclic) bond motifs is 14. The molecular formula is C89H81IrN8O3+. The minimum atomic E-state index is -0.125. The summed E-state index contributed by atoms with van der Waals surface area (Å²) in [4.78, 5) is 21.7. The van der Waals surface area contributed by atoms with E-state index in [0.29, 0.717) is 24.0 Å². The number of ketones is 1. The topological polar surface area (TPSA) is 100 Å². The maximum absolute atomic E-state index is 10.0. The largest absolute Gasteiger partial charge is 0.512 e. The zero-order valence-corrected chi connectivity index (χ0v) is 60.8. The fourth-order valence-corrected chi connectivity index (χ4v) is 15.0. The fourth-order valence-electron chi connectivity index (χ4n) is 15.0. The summed E-state index contributed by atoms with van der Waals surface area (Å²) in [6.07, 6.45) is 11.4. The second kappa shape index (κ2) is 28.3. The van der Waals surface area contributed by atoms with Gasteiger partial charge in [0.25, 0.3) is 11.3 Å². The Morgan fingerprint density at radius 2 is 1.27 bits per heavy atom. The van der Waals surface area contributed by atoms with Crippen LogP contribution in [0.2, 0.25) is 0 Å². The first-order chi connectivity index (χ1) is 48.7. The molecule has 0 bridgehead atoms. The second-order valence-electron chi connectivity index (χ2n) is 27.3. The number of benzene rings is 11. The van der Waals surface area contributed by atoms with Crippen LogP contribution in [0.4, 0.5) is 5.69 Å². The van der Waals surface area contributed by atoms with Crippen LogP contribution in [0.3, 0.4) is 0 Å². The van der Waals surface area contributed by atoms with E-state index in [1.54, 1.807) is 0 Å². The van der Waals surface area contributed by atoms with Gasteiger partial charge in [0, 0.05) is 106 Å². The standard InChI is InChI=1S/C27H18N.C22H25N2.C18H16N3.C17H14N2O.C5H8O2.Ir/c1-4-10-20(11-5-1)23-16-17-26-25(18-23)24(21-12-6-2-7-13-21)19-27(28-26)22-14-8-3-9-15-22;1-15(2)18-10-7-11-19(16(3)4)21(18)24-13-12-23-14-17-8-5-6-9-20(17)22(23)24;1-11(2)21-19-17-15-8-4-3-7-13(15)14-9-5-6-12-10-20(21)18(17)16(12)14;1-18-8-9-19-15(18)10-11-6-7-13-12-4-2-3-5-14(12)20-17(13)16(11)19;1-4(6)3-5(2)7;/h1-14,16-19H;5-13,15-16H,14H2,1-4H3;3-9,11H,10H2,1-2H3;2-9,15H,10H2,1H3;3,6H,1-2H3;/q-1;2*+1;;;. The average Bonchev–Trinajstić information content (AvgIpc) is 1.56. The van der Waals surface area contributed by atoms with Crippen LogP contribution in [-0.4, -0.2) is 48.4 Å². The van der Waals surface area contributed by atoms with E-state index in [-0.39, 0.29) is 31.6 Å². The van der Waals surface area contributed by atoms with Crippen molar-refractivity contribution in [3.05, 3.63) is 301 Å². The van der Waals surface area contributed by atoms with Crippen molar-refractivity contribution >= 4 is 76.9 Å². The monoisotopic (exact) mass is 1500 g/mol. The first-order valence-corrected chi connectivity index (χ1v) is 34.8. The summed E-state index contributed by atoms with van der Waals surface area (Å²) in [5.41, 5.74) is 23.2. The predicted molar refractivity (Wildman–Crippen MR) is 408 cm³/mol. The molecule has 8 heterocycles. The van der Waals surface area contributed by atoms with E-state index in [0.717, 1.165) is 58.4 Å². The summed E-state index contributed by atoms with van der Waals surface area (Å²) in [6.45, 7) is 18.3. The molecule has 101 heavy (non-hydrogen) atoms. The molecule has 0 aliphatic carbocycles. The molecule has 1 unspecified atom stereocenters. The molecule has 1 atom stereocenters. The van der Waals surface area contributed by atoms with Crippen LogP contribution >= 0.6 is 0 Å². The van der Waals surface area contributed by atoms with E-state index in [1.807, 2.05) is 42.5 Å². The third kappa shape index (κ3) is 12.7. The number of hydrogen-bond acceptors (Lipinski definition) is 7. The van der Waals surface area contributed by atoms with Crippen molar-refractivity contribution < 1.29 is 43.7 Å². The molecule has 19 rings (SSSR count). The number of pyridine rings is 1. The Balaban J connectivity index is 0.000000111. The Labute approximate surface area is 603 Å². The Bertz CT molecular complexity index is 5640. The molecule has 503 valence electrons. The van der Waals surface area contributed by atoms with Gasteiger partial charge in [-0.15, -0.1) is 40.6 Å². The van der Waals surface area contributed by atoms with Crippen molar-refractivity contribution in [3.8, 4) is 50.6 Å². The van der Waals surface area contributed by atoms with Crippen molar-refractivity contribution in [2.24, 2.45) is 0 Å². The first-order valence-electron chi connectivity index (χ1n) is 34.8. The van der Waals surface area contributed by atoms with Gasteiger partial charge in [-0.1, -0.05) is 204 Å². The van der Waals surface area contributed by atoms with Gasteiger partial charge in [-0.2, -0.15) is 4.57 Å². The minimum absolute atomic E-state index is 0. The van der Waals surface area contributed by atoms with Crippen LogP contribution in [0.15, 0.2) is 272 Å². The second-order valence-corrected chi connectivity index (χ2v) is 27.3. The molecule has 11 aromatic carbocycles. The maximum Gasteiger partial charge on any atom is 0.294 e. The van der Waals surface area contributed by atoms with E-state index in [2.05, 4.69) is 296 Å². The van der Waals surface area contributed by atoms with Gasteiger partial charge in [0.05, 0.1) is 22.5 Å². The number of aliphatic hydroxyl groups is 1. The molecule has 0 fully saturated rings. The third-order valence-electron chi connectivity index (χ3n) is 19.6. The average molecular weight is 1500 g/mol. The van der Waals surface area contributed by atoms with E-state index in [9.17, 15) is 4.79 Å². The molecule has 1 N–H and O–H groups in total. The number of anilines is 1. The molecule has 12 heteroatoms. The van der Waals surface area contributed by atoms with Crippen LogP contribution in [0.1, 0.15) is 101 Å². The Hall–Kier alpha value is -11.0. The quantitative estimate of drug-likeness (QED) is 0.0532. The van der Waals surface area contributed by atoms with Gasteiger partial charge < -0.3 is 19.3 Å². The summed E-state index contributed by atoms with van der Waals surface area (Å²) in [5.74, 6) is 2.24. The summed E-state index contributed by atoms with van der Waals surface area (Å²) in [7, 11) is 2.13.